The second-order valence-electron chi connectivity index (χ2n) is 6.04. The van der Waals surface area contributed by atoms with Crippen LogP contribution >= 0.6 is 0 Å². The summed E-state index contributed by atoms with van der Waals surface area (Å²) in [5, 5.41) is 2.94. The second kappa shape index (κ2) is 8.47. The van der Waals surface area contributed by atoms with E-state index < -0.39 is 0 Å². The first-order valence-corrected chi connectivity index (χ1v) is 8.88. The van der Waals surface area contributed by atoms with Crippen molar-refractivity contribution in [3.05, 3.63) is 48.5 Å². The zero-order chi connectivity index (χ0) is 18.4. The van der Waals surface area contributed by atoms with E-state index in [1.807, 2.05) is 54.3 Å². The largest absolute Gasteiger partial charge is 0.497 e. The molecule has 6 heteroatoms. The number of anilines is 2. The van der Waals surface area contributed by atoms with Crippen molar-refractivity contribution in [3.63, 3.8) is 0 Å². The third-order valence-corrected chi connectivity index (χ3v) is 4.39. The number of hydrogen-bond acceptors (Lipinski definition) is 4. The lowest BCUT2D eigenvalue weighted by Crippen LogP contribution is -2.50. The van der Waals surface area contributed by atoms with E-state index in [9.17, 15) is 4.79 Å². The minimum Gasteiger partial charge on any atom is -0.497 e. The number of carbonyl (C=O) groups excluding carboxylic acids is 1. The van der Waals surface area contributed by atoms with Crippen LogP contribution < -0.4 is 19.7 Å². The zero-order valence-electron chi connectivity index (χ0n) is 15.3. The van der Waals surface area contributed by atoms with Gasteiger partial charge in [0.1, 0.15) is 11.5 Å². The van der Waals surface area contributed by atoms with E-state index in [2.05, 4.69) is 16.3 Å². The molecule has 0 unspecified atom stereocenters. The first-order valence-electron chi connectivity index (χ1n) is 8.88. The van der Waals surface area contributed by atoms with E-state index in [1.165, 1.54) is 0 Å². The highest BCUT2D eigenvalue weighted by molar-refractivity contribution is 5.89. The van der Waals surface area contributed by atoms with Gasteiger partial charge in [0, 0.05) is 37.9 Å². The molecule has 1 saturated heterocycles. The molecule has 0 atom stereocenters. The van der Waals surface area contributed by atoms with Crippen molar-refractivity contribution in [3.8, 4) is 11.5 Å². The Morgan fingerprint density at radius 2 is 1.85 bits per heavy atom. The molecule has 0 aromatic heterocycles. The van der Waals surface area contributed by atoms with Crippen molar-refractivity contribution >= 4 is 17.4 Å². The van der Waals surface area contributed by atoms with Crippen LogP contribution in [0.2, 0.25) is 0 Å². The molecule has 2 aromatic carbocycles. The van der Waals surface area contributed by atoms with Gasteiger partial charge < -0.3 is 24.6 Å². The number of para-hydroxylation sites is 2. The summed E-state index contributed by atoms with van der Waals surface area (Å²) in [5.41, 5.74) is 1.82. The van der Waals surface area contributed by atoms with Gasteiger partial charge in [0.05, 0.1) is 19.4 Å². The summed E-state index contributed by atoms with van der Waals surface area (Å²) in [7, 11) is 1.61. The van der Waals surface area contributed by atoms with Crippen molar-refractivity contribution < 1.29 is 14.3 Å². The van der Waals surface area contributed by atoms with Crippen LogP contribution in [0.1, 0.15) is 6.92 Å². The van der Waals surface area contributed by atoms with Gasteiger partial charge in [-0.2, -0.15) is 0 Å². The summed E-state index contributed by atoms with van der Waals surface area (Å²) in [6.07, 6.45) is 0. The quantitative estimate of drug-likeness (QED) is 0.893. The maximum Gasteiger partial charge on any atom is 0.321 e. The first-order chi connectivity index (χ1) is 12.7. The van der Waals surface area contributed by atoms with Gasteiger partial charge in [-0.1, -0.05) is 18.2 Å². The Balaban J connectivity index is 1.59. The lowest BCUT2D eigenvalue weighted by molar-refractivity contribution is 0.208. The summed E-state index contributed by atoms with van der Waals surface area (Å²) in [6, 6.07) is 15.3. The van der Waals surface area contributed by atoms with Crippen LogP contribution in [0, 0.1) is 0 Å². The Kier molecular flexibility index (Phi) is 5.84. The van der Waals surface area contributed by atoms with Gasteiger partial charge in [0.25, 0.3) is 0 Å². The van der Waals surface area contributed by atoms with Gasteiger partial charge in [0.2, 0.25) is 0 Å². The number of hydrogen-bond donors (Lipinski definition) is 1. The van der Waals surface area contributed by atoms with Gasteiger partial charge in [-0.25, -0.2) is 4.79 Å². The molecule has 0 aliphatic carbocycles. The molecule has 1 fully saturated rings. The number of amides is 2. The molecule has 3 rings (SSSR count). The van der Waals surface area contributed by atoms with Gasteiger partial charge in [-0.3, -0.25) is 0 Å². The molecule has 0 spiro atoms. The number of rotatable bonds is 5. The lowest BCUT2D eigenvalue weighted by Gasteiger charge is -2.36. The number of piperazine rings is 1. The summed E-state index contributed by atoms with van der Waals surface area (Å²) in [5.74, 6) is 1.62. The van der Waals surface area contributed by atoms with Crippen LogP contribution in [0.25, 0.3) is 0 Å². The van der Waals surface area contributed by atoms with Gasteiger partial charge >= 0.3 is 6.03 Å². The monoisotopic (exact) mass is 355 g/mol. The van der Waals surface area contributed by atoms with E-state index in [0.717, 1.165) is 36.0 Å². The van der Waals surface area contributed by atoms with E-state index in [-0.39, 0.29) is 6.03 Å². The maximum atomic E-state index is 12.5. The van der Waals surface area contributed by atoms with Gasteiger partial charge in [0.15, 0.2) is 0 Å². The van der Waals surface area contributed by atoms with E-state index in [4.69, 9.17) is 9.47 Å². The molecule has 0 saturated carbocycles. The molecule has 1 N–H and O–H groups in total. The fraction of sp³-hybridized carbons (Fsp3) is 0.350. The topological polar surface area (TPSA) is 54.0 Å². The Labute approximate surface area is 154 Å². The van der Waals surface area contributed by atoms with Crippen LogP contribution in [0.3, 0.4) is 0 Å². The molecule has 2 aromatic rings. The Morgan fingerprint density at radius 1 is 1.08 bits per heavy atom. The minimum absolute atomic E-state index is 0.0870. The number of nitrogens with one attached hydrogen (secondary N) is 1. The van der Waals surface area contributed by atoms with Gasteiger partial charge in [-0.15, -0.1) is 0 Å². The summed E-state index contributed by atoms with van der Waals surface area (Å²) < 4.78 is 10.9. The van der Waals surface area contributed by atoms with Gasteiger partial charge in [-0.05, 0) is 31.2 Å². The predicted molar refractivity (Wildman–Crippen MR) is 103 cm³/mol. The van der Waals surface area contributed by atoms with Crippen LogP contribution in [0.5, 0.6) is 11.5 Å². The number of ether oxygens (including phenoxy) is 2. The highest BCUT2D eigenvalue weighted by Crippen LogP contribution is 2.29. The predicted octanol–water partition coefficient (Wildman–Crippen LogP) is 3.45. The Morgan fingerprint density at radius 3 is 2.58 bits per heavy atom. The van der Waals surface area contributed by atoms with Crippen LogP contribution in [-0.4, -0.2) is 50.8 Å². The molecule has 138 valence electrons. The van der Waals surface area contributed by atoms with E-state index in [0.29, 0.717) is 19.7 Å². The highest BCUT2D eigenvalue weighted by Gasteiger charge is 2.23. The molecule has 1 heterocycles. The molecule has 0 radical (unpaired) electrons. The molecule has 1 aliphatic rings. The molecular formula is C20H25N3O3. The van der Waals surface area contributed by atoms with E-state index in [1.54, 1.807) is 7.11 Å². The van der Waals surface area contributed by atoms with Crippen molar-refractivity contribution in [1.29, 1.82) is 0 Å². The summed E-state index contributed by atoms with van der Waals surface area (Å²) >= 11 is 0. The summed E-state index contributed by atoms with van der Waals surface area (Å²) in [4.78, 5) is 16.6. The van der Waals surface area contributed by atoms with Crippen LogP contribution in [-0.2, 0) is 0 Å². The normalized spacial score (nSPS) is 14.1. The fourth-order valence-corrected chi connectivity index (χ4v) is 3.05. The number of nitrogens with zero attached hydrogens (tertiary/aromatic N) is 2. The molecule has 0 bridgehead atoms. The molecular weight excluding hydrogens is 330 g/mol. The number of urea groups is 1. The molecule has 1 aliphatic heterocycles. The second-order valence-corrected chi connectivity index (χ2v) is 6.04. The molecule has 2 amide bonds. The van der Waals surface area contributed by atoms with Crippen molar-refractivity contribution in [2.45, 2.75) is 6.92 Å². The van der Waals surface area contributed by atoms with Crippen molar-refractivity contribution in [1.82, 2.24) is 4.90 Å². The van der Waals surface area contributed by atoms with Crippen LogP contribution in [0.15, 0.2) is 48.5 Å². The number of benzene rings is 2. The average molecular weight is 355 g/mol. The fourth-order valence-electron chi connectivity index (χ4n) is 3.05. The minimum atomic E-state index is -0.0870. The smallest absolute Gasteiger partial charge is 0.321 e. The Hall–Kier alpha value is -2.89. The first kappa shape index (κ1) is 17.9. The average Bonchev–Trinajstić information content (AvgIpc) is 2.69. The SMILES string of the molecule is CCOc1ccccc1N1CCN(C(=O)Nc2cccc(OC)c2)CC1. The third kappa shape index (κ3) is 4.20. The lowest BCUT2D eigenvalue weighted by atomic mass is 10.2. The van der Waals surface area contributed by atoms with Crippen LogP contribution in [0.4, 0.5) is 16.2 Å². The maximum absolute atomic E-state index is 12.5. The third-order valence-electron chi connectivity index (χ3n) is 4.39. The standard InChI is InChI=1S/C20H25N3O3/c1-3-26-19-10-5-4-9-18(19)22-11-13-23(14-12-22)20(24)21-16-7-6-8-17(15-16)25-2/h4-10,15H,3,11-14H2,1-2H3,(H,21,24). The molecule has 6 nitrogen and oxygen atoms in total. The Bertz CT molecular complexity index is 743. The van der Waals surface area contributed by atoms with E-state index >= 15 is 0 Å². The van der Waals surface area contributed by atoms with Crippen molar-refractivity contribution in [2.24, 2.45) is 0 Å². The number of methoxy groups -OCH3 is 1. The zero-order valence-corrected chi connectivity index (χ0v) is 15.3. The highest BCUT2D eigenvalue weighted by atomic mass is 16.5. The molecule has 26 heavy (non-hydrogen) atoms. The summed E-state index contributed by atoms with van der Waals surface area (Å²) in [6.45, 7) is 5.50. The van der Waals surface area contributed by atoms with Crippen molar-refractivity contribution in [2.75, 3.05) is 50.1 Å². The number of carbonyl (C=O) groups is 1.